The summed E-state index contributed by atoms with van der Waals surface area (Å²) < 4.78 is 10.2. The van der Waals surface area contributed by atoms with Crippen LogP contribution in [0.5, 0.6) is 5.75 Å². The number of amides is 2. The highest BCUT2D eigenvalue weighted by molar-refractivity contribution is 6.10. The number of carbonyl (C=O) groups is 2. The summed E-state index contributed by atoms with van der Waals surface area (Å²) in [6, 6.07) is 5.57. The summed E-state index contributed by atoms with van der Waals surface area (Å²) in [5.74, 6) is 0.232. The van der Waals surface area contributed by atoms with Crippen molar-refractivity contribution >= 4 is 18.1 Å². The van der Waals surface area contributed by atoms with Crippen LogP contribution in [-0.2, 0) is 9.53 Å². The topological polar surface area (TPSA) is 55.8 Å². The van der Waals surface area contributed by atoms with Gasteiger partial charge in [0.1, 0.15) is 5.75 Å². The van der Waals surface area contributed by atoms with Gasteiger partial charge in [-0.05, 0) is 31.6 Å². The molecule has 0 aliphatic carbocycles. The van der Waals surface area contributed by atoms with Gasteiger partial charge >= 0.3 is 6.09 Å². The average molecular weight is 261 g/mol. The fraction of sp³-hybridized carbons (Fsp3) is 0.286. The highest BCUT2D eigenvalue weighted by Crippen LogP contribution is 2.25. The zero-order valence-corrected chi connectivity index (χ0v) is 11.1. The van der Waals surface area contributed by atoms with Gasteiger partial charge in [-0.25, -0.2) is 9.69 Å². The Morgan fingerprint density at radius 3 is 2.68 bits per heavy atom. The van der Waals surface area contributed by atoms with E-state index in [9.17, 15) is 9.59 Å². The number of imide groups is 1. The lowest BCUT2D eigenvalue weighted by Gasteiger charge is -2.06. The maximum Gasteiger partial charge on any atom is 0.422 e. The number of ether oxygens (including phenoxy) is 2. The van der Waals surface area contributed by atoms with E-state index < -0.39 is 12.0 Å². The van der Waals surface area contributed by atoms with Crippen molar-refractivity contribution in [2.75, 3.05) is 13.7 Å². The van der Waals surface area contributed by atoms with Crippen LogP contribution < -0.4 is 4.74 Å². The number of nitrogens with zero attached hydrogens (tertiary/aromatic N) is 1. The Labute approximate surface area is 111 Å². The zero-order chi connectivity index (χ0) is 14.0. The third-order valence-electron chi connectivity index (χ3n) is 2.87. The van der Waals surface area contributed by atoms with E-state index in [1.807, 2.05) is 25.1 Å². The van der Waals surface area contributed by atoms with E-state index in [0.717, 1.165) is 10.5 Å². The number of hydrogen-bond donors (Lipinski definition) is 0. The minimum atomic E-state index is -0.634. The van der Waals surface area contributed by atoms with Crippen LogP contribution in [0.1, 0.15) is 18.1 Å². The number of benzene rings is 1. The average Bonchev–Trinajstić information content (AvgIpc) is 2.66. The van der Waals surface area contributed by atoms with Crippen molar-refractivity contribution in [3.05, 3.63) is 35.1 Å². The highest BCUT2D eigenvalue weighted by Gasteiger charge is 2.35. The monoisotopic (exact) mass is 261 g/mol. The lowest BCUT2D eigenvalue weighted by Crippen LogP contribution is -2.28. The summed E-state index contributed by atoms with van der Waals surface area (Å²) in [4.78, 5) is 24.4. The Bertz CT molecular complexity index is 563. The van der Waals surface area contributed by atoms with E-state index >= 15 is 0 Å². The van der Waals surface area contributed by atoms with E-state index in [-0.39, 0.29) is 5.76 Å². The van der Waals surface area contributed by atoms with Crippen LogP contribution in [0.2, 0.25) is 0 Å². The quantitative estimate of drug-likeness (QED) is 0.784. The van der Waals surface area contributed by atoms with Gasteiger partial charge in [0, 0.05) is 12.1 Å². The molecule has 0 radical (unpaired) electrons. The molecule has 0 aromatic heterocycles. The first-order chi connectivity index (χ1) is 9.06. The molecule has 0 spiro atoms. The standard InChI is InChI=1S/C14H15NO4/c1-4-15-13(16)12(19-14(15)17)8-10-6-5-9(2)7-11(10)18-3/h5-8H,4H2,1-3H3/b12-8+. The van der Waals surface area contributed by atoms with Crippen LogP contribution in [0.25, 0.3) is 6.08 Å². The molecule has 19 heavy (non-hydrogen) atoms. The van der Waals surface area contributed by atoms with Crippen LogP contribution in [0, 0.1) is 6.92 Å². The Balaban J connectivity index is 2.37. The van der Waals surface area contributed by atoms with E-state index in [1.54, 1.807) is 14.0 Å². The fourth-order valence-electron chi connectivity index (χ4n) is 1.85. The van der Waals surface area contributed by atoms with Gasteiger partial charge in [0.05, 0.1) is 7.11 Å². The summed E-state index contributed by atoms with van der Waals surface area (Å²) in [5, 5.41) is 0. The second-order valence-corrected chi connectivity index (χ2v) is 4.17. The summed E-state index contributed by atoms with van der Waals surface area (Å²) in [7, 11) is 1.55. The van der Waals surface area contributed by atoms with Gasteiger partial charge < -0.3 is 9.47 Å². The number of methoxy groups -OCH3 is 1. The number of hydrogen-bond acceptors (Lipinski definition) is 4. The summed E-state index contributed by atoms with van der Waals surface area (Å²) in [6.07, 6.45) is 0.888. The lowest BCUT2D eigenvalue weighted by molar-refractivity contribution is -0.123. The molecule has 1 saturated heterocycles. The molecule has 0 atom stereocenters. The van der Waals surface area contributed by atoms with E-state index in [1.165, 1.54) is 6.08 Å². The maximum atomic E-state index is 11.9. The molecule has 0 unspecified atom stereocenters. The molecule has 1 aliphatic heterocycles. The van der Waals surface area contributed by atoms with Crippen LogP contribution in [0.15, 0.2) is 24.0 Å². The Hall–Kier alpha value is -2.30. The fourth-order valence-corrected chi connectivity index (χ4v) is 1.85. The number of rotatable bonds is 3. The molecule has 1 aromatic carbocycles. The lowest BCUT2D eigenvalue weighted by atomic mass is 10.1. The molecule has 5 nitrogen and oxygen atoms in total. The molecular formula is C14H15NO4. The van der Waals surface area contributed by atoms with Crippen LogP contribution >= 0.6 is 0 Å². The zero-order valence-electron chi connectivity index (χ0n) is 11.1. The molecular weight excluding hydrogens is 246 g/mol. The molecule has 2 rings (SSSR count). The predicted octanol–water partition coefficient (Wildman–Crippen LogP) is 2.34. The number of aryl methyl sites for hydroxylation is 1. The molecule has 0 bridgehead atoms. The Kier molecular flexibility index (Phi) is 3.55. The smallest absolute Gasteiger partial charge is 0.422 e. The molecule has 2 amide bonds. The minimum absolute atomic E-state index is 0.0222. The van der Waals surface area contributed by atoms with Gasteiger partial charge in [-0.1, -0.05) is 12.1 Å². The molecule has 100 valence electrons. The number of cyclic esters (lactones) is 1. The third kappa shape index (κ3) is 2.45. The van der Waals surface area contributed by atoms with Gasteiger partial charge in [0.2, 0.25) is 0 Å². The molecule has 1 aliphatic rings. The van der Waals surface area contributed by atoms with Gasteiger partial charge in [-0.3, -0.25) is 4.79 Å². The Morgan fingerprint density at radius 2 is 2.11 bits per heavy atom. The van der Waals surface area contributed by atoms with Gasteiger partial charge in [-0.15, -0.1) is 0 Å². The SMILES string of the molecule is CCN1C(=O)O/C(=C/c2ccc(C)cc2OC)C1=O. The number of likely N-dealkylation sites (N-methyl/N-ethyl adjacent to an activating group) is 1. The van der Waals surface area contributed by atoms with Crippen molar-refractivity contribution in [2.45, 2.75) is 13.8 Å². The second kappa shape index (κ2) is 5.14. The van der Waals surface area contributed by atoms with Gasteiger partial charge in [0.25, 0.3) is 5.91 Å². The van der Waals surface area contributed by atoms with Crippen molar-refractivity contribution in [1.29, 1.82) is 0 Å². The second-order valence-electron chi connectivity index (χ2n) is 4.17. The van der Waals surface area contributed by atoms with Crippen LogP contribution in [0.4, 0.5) is 4.79 Å². The number of carbonyl (C=O) groups excluding carboxylic acids is 2. The van der Waals surface area contributed by atoms with Crippen molar-refractivity contribution in [2.24, 2.45) is 0 Å². The molecule has 1 fully saturated rings. The highest BCUT2D eigenvalue weighted by atomic mass is 16.6. The van der Waals surface area contributed by atoms with Crippen molar-refractivity contribution < 1.29 is 19.1 Å². The van der Waals surface area contributed by atoms with Gasteiger partial charge in [0.15, 0.2) is 5.76 Å². The third-order valence-corrected chi connectivity index (χ3v) is 2.87. The summed E-state index contributed by atoms with van der Waals surface area (Å²) in [6.45, 7) is 3.95. The predicted molar refractivity (Wildman–Crippen MR) is 69.6 cm³/mol. The van der Waals surface area contributed by atoms with Crippen LogP contribution in [0.3, 0.4) is 0 Å². The normalized spacial score (nSPS) is 17.0. The van der Waals surface area contributed by atoms with Gasteiger partial charge in [-0.2, -0.15) is 0 Å². The molecule has 5 heteroatoms. The molecule has 1 aromatic rings. The summed E-state index contributed by atoms with van der Waals surface area (Å²) in [5.41, 5.74) is 1.74. The molecule has 0 saturated carbocycles. The minimum Gasteiger partial charge on any atom is -0.496 e. The molecule has 1 heterocycles. The first kappa shape index (κ1) is 13.1. The molecule has 0 N–H and O–H groups in total. The first-order valence-corrected chi connectivity index (χ1v) is 5.96. The van der Waals surface area contributed by atoms with Crippen LogP contribution in [-0.4, -0.2) is 30.6 Å². The maximum absolute atomic E-state index is 11.9. The van der Waals surface area contributed by atoms with Crippen molar-refractivity contribution in [3.63, 3.8) is 0 Å². The summed E-state index contributed by atoms with van der Waals surface area (Å²) >= 11 is 0. The Morgan fingerprint density at radius 1 is 1.37 bits per heavy atom. The largest absolute Gasteiger partial charge is 0.496 e. The van der Waals surface area contributed by atoms with E-state index in [0.29, 0.717) is 17.9 Å². The first-order valence-electron chi connectivity index (χ1n) is 5.96. The van der Waals surface area contributed by atoms with Crippen molar-refractivity contribution in [1.82, 2.24) is 4.90 Å². The van der Waals surface area contributed by atoms with E-state index in [2.05, 4.69) is 0 Å². The van der Waals surface area contributed by atoms with E-state index in [4.69, 9.17) is 9.47 Å². The van der Waals surface area contributed by atoms with Crippen molar-refractivity contribution in [3.8, 4) is 5.75 Å².